The van der Waals surface area contributed by atoms with Crippen molar-refractivity contribution in [2.75, 3.05) is 5.75 Å². The summed E-state index contributed by atoms with van der Waals surface area (Å²) in [5.74, 6) is 1.77. The SMILES string of the molecule is Cn1cnc2c(SCCC3CCc4ccccc43)ncnc21. The molecule has 0 bridgehead atoms. The lowest BCUT2D eigenvalue weighted by molar-refractivity contribution is 0.661. The molecule has 0 amide bonds. The van der Waals surface area contributed by atoms with Crippen LogP contribution >= 0.6 is 11.8 Å². The van der Waals surface area contributed by atoms with Crippen LogP contribution in [0, 0.1) is 0 Å². The molecule has 112 valence electrons. The van der Waals surface area contributed by atoms with Gasteiger partial charge >= 0.3 is 0 Å². The van der Waals surface area contributed by atoms with E-state index >= 15 is 0 Å². The van der Waals surface area contributed by atoms with Crippen molar-refractivity contribution < 1.29 is 0 Å². The molecule has 4 rings (SSSR count). The standard InChI is InChI=1S/C17H18N4S/c1-21-11-20-15-16(21)18-10-19-17(15)22-9-8-13-7-6-12-4-2-3-5-14(12)13/h2-5,10-11,13H,6-9H2,1H3. The fourth-order valence-electron chi connectivity index (χ4n) is 3.27. The maximum absolute atomic E-state index is 4.42. The molecule has 0 saturated heterocycles. The first-order valence-electron chi connectivity index (χ1n) is 7.65. The Bertz CT molecular complexity index is 811. The van der Waals surface area contributed by atoms with Crippen LogP contribution in [0.4, 0.5) is 0 Å². The van der Waals surface area contributed by atoms with E-state index in [1.54, 1.807) is 30.0 Å². The molecular weight excluding hydrogens is 292 g/mol. The molecule has 0 radical (unpaired) electrons. The van der Waals surface area contributed by atoms with Gasteiger partial charge in [0.2, 0.25) is 0 Å². The third-order valence-corrected chi connectivity index (χ3v) is 5.44. The van der Waals surface area contributed by atoms with Gasteiger partial charge in [0, 0.05) is 12.8 Å². The van der Waals surface area contributed by atoms with Gasteiger partial charge in [-0.05, 0) is 36.3 Å². The molecule has 2 heterocycles. The monoisotopic (exact) mass is 310 g/mol. The van der Waals surface area contributed by atoms with Gasteiger partial charge in [0.1, 0.15) is 16.9 Å². The third-order valence-electron chi connectivity index (χ3n) is 4.43. The molecule has 0 fully saturated rings. The quantitative estimate of drug-likeness (QED) is 0.546. The summed E-state index contributed by atoms with van der Waals surface area (Å²) in [6, 6.07) is 8.87. The van der Waals surface area contributed by atoms with Gasteiger partial charge < -0.3 is 4.57 Å². The van der Waals surface area contributed by atoms with Crippen LogP contribution in [0.15, 0.2) is 41.9 Å². The van der Waals surface area contributed by atoms with Gasteiger partial charge in [-0.1, -0.05) is 24.3 Å². The number of hydrogen-bond acceptors (Lipinski definition) is 4. The van der Waals surface area contributed by atoms with Crippen molar-refractivity contribution in [3.8, 4) is 0 Å². The van der Waals surface area contributed by atoms with E-state index in [1.165, 1.54) is 24.8 Å². The number of benzene rings is 1. The molecule has 22 heavy (non-hydrogen) atoms. The van der Waals surface area contributed by atoms with E-state index < -0.39 is 0 Å². The van der Waals surface area contributed by atoms with Crippen molar-refractivity contribution in [1.29, 1.82) is 0 Å². The zero-order chi connectivity index (χ0) is 14.9. The fraction of sp³-hybridized carbons (Fsp3) is 0.353. The van der Waals surface area contributed by atoms with Gasteiger partial charge in [0.05, 0.1) is 6.33 Å². The maximum Gasteiger partial charge on any atom is 0.164 e. The summed E-state index contributed by atoms with van der Waals surface area (Å²) in [7, 11) is 1.96. The zero-order valence-electron chi connectivity index (χ0n) is 12.6. The number of imidazole rings is 1. The van der Waals surface area contributed by atoms with Gasteiger partial charge in [-0.25, -0.2) is 15.0 Å². The van der Waals surface area contributed by atoms with E-state index in [0.717, 1.165) is 21.9 Å². The predicted octanol–water partition coefficient (Wildman–Crippen LogP) is 3.58. The molecule has 0 aliphatic heterocycles. The molecule has 1 aliphatic rings. The van der Waals surface area contributed by atoms with Crippen LogP contribution < -0.4 is 0 Å². The number of aromatic nitrogens is 4. The first-order chi connectivity index (χ1) is 10.8. The normalized spacial score (nSPS) is 17.0. The van der Waals surface area contributed by atoms with Crippen LogP contribution in [0.3, 0.4) is 0 Å². The highest BCUT2D eigenvalue weighted by Crippen LogP contribution is 2.36. The van der Waals surface area contributed by atoms with Crippen LogP contribution in [0.2, 0.25) is 0 Å². The molecule has 0 spiro atoms. The number of thioether (sulfide) groups is 1. The molecule has 2 aromatic heterocycles. The number of aryl methyl sites for hydroxylation is 2. The molecular formula is C17H18N4S. The summed E-state index contributed by atoms with van der Waals surface area (Å²) >= 11 is 1.80. The smallest absolute Gasteiger partial charge is 0.164 e. The summed E-state index contributed by atoms with van der Waals surface area (Å²) in [6.07, 6.45) is 7.14. The van der Waals surface area contributed by atoms with E-state index in [0.29, 0.717) is 5.92 Å². The van der Waals surface area contributed by atoms with Crippen LogP contribution in [0.5, 0.6) is 0 Å². The Morgan fingerprint density at radius 1 is 1.23 bits per heavy atom. The predicted molar refractivity (Wildman–Crippen MR) is 89.1 cm³/mol. The van der Waals surface area contributed by atoms with E-state index in [-0.39, 0.29) is 0 Å². The Morgan fingerprint density at radius 2 is 2.14 bits per heavy atom. The fourth-order valence-corrected chi connectivity index (χ4v) is 4.27. The summed E-state index contributed by atoms with van der Waals surface area (Å²) in [6.45, 7) is 0. The molecule has 0 N–H and O–H groups in total. The first kappa shape index (κ1) is 13.8. The minimum Gasteiger partial charge on any atom is -0.318 e. The molecule has 3 aromatic rings. The highest BCUT2D eigenvalue weighted by molar-refractivity contribution is 7.99. The van der Waals surface area contributed by atoms with Crippen LogP contribution in [-0.2, 0) is 13.5 Å². The second kappa shape index (κ2) is 5.72. The van der Waals surface area contributed by atoms with Crippen molar-refractivity contribution in [3.63, 3.8) is 0 Å². The lowest BCUT2D eigenvalue weighted by atomic mass is 9.99. The minimum atomic E-state index is 0.699. The highest BCUT2D eigenvalue weighted by atomic mass is 32.2. The lowest BCUT2D eigenvalue weighted by Crippen LogP contribution is -1.96. The maximum atomic E-state index is 4.42. The van der Waals surface area contributed by atoms with Crippen molar-refractivity contribution in [2.45, 2.75) is 30.2 Å². The number of nitrogens with zero attached hydrogens (tertiary/aromatic N) is 4. The largest absolute Gasteiger partial charge is 0.318 e. The summed E-state index contributed by atoms with van der Waals surface area (Å²) in [4.78, 5) is 13.1. The summed E-state index contributed by atoms with van der Waals surface area (Å²) in [5, 5.41) is 0.997. The Labute approximate surface area is 134 Å². The van der Waals surface area contributed by atoms with Gasteiger partial charge in [0.25, 0.3) is 0 Å². The Kier molecular flexibility index (Phi) is 3.58. The van der Waals surface area contributed by atoms with Gasteiger partial charge in [-0.15, -0.1) is 11.8 Å². The van der Waals surface area contributed by atoms with E-state index in [9.17, 15) is 0 Å². The molecule has 1 atom stereocenters. The van der Waals surface area contributed by atoms with Crippen LogP contribution in [0.25, 0.3) is 11.2 Å². The molecule has 4 nitrogen and oxygen atoms in total. The average molecular weight is 310 g/mol. The van der Waals surface area contributed by atoms with Crippen molar-refractivity contribution >= 4 is 22.9 Å². The summed E-state index contributed by atoms with van der Waals surface area (Å²) < 4.78 is 1.94. The third kappa shape index (κ3) is 2.39. The molecule has 1 aromatic carbocycles. The molecule has 0 saturated carbocycles. The van der Waals surface area contributed by atoms with Crippen molar-refractivity contribution in [1.82, 2.24) is 19.5 Å². The number of hydrogen-bond donors (Lipinski definition) is 0. The topological polar surface area (TPSA) is 43.6 Å². The van der Waals surface area contributed by atoms with Gasteiger partial charge in [-0.2, -0.15) is 0 Å². The van der Waals surface area contributed by atoms with E-state index in [2.05, 4.69) is 39.2 Å². The van der Waals surface area contributed by atoms with Crippen molar-refractivity contribution in [3.05, 3.63) is 48.0 Å². The molecule has 1 aliphatic carbocycles. The Hall–Kier alpha value is -1.88. The molecule has 5 heteroatoms. The second-order valence-electron chi connectivity index (χ2n) is 5.78. The Balaban J connectivity index is 1.45. The zero-order valence-corrected chi connectivity index (χ0v) is 13.4. The Morgan fingerprint density at radius 3 is 3.09 bits per heavy atom. The van der Waals surface area contributed by atoms with Gasteiger partial charge in [0.15, 0.2) is 5.65 Å². The van der Waals surface area contributed by atoms with Gasteiger partial charge in [-0.3, -0.25) is 0 Å². The lowest BCUT2D eigenvalue weighted by Gasteiger charge is -2.10. The second-order valence-corrected chi connectivity index (χ2v) is 6.86. The van der Waals surface area contributed by atoms with Crippen LogP contribution in [0.1, 0.15) is 29.9 Å². The van der Waals surface area contributed by atoms with Crippen molar-refractivity contribution in [2.24, 2.45) is 7.05 Å². The number of fused-ring (bicyclic) bond motifs is 2. The molecule has 1 unspecified atom stereocenters. The number of rotatable bonds is 4. The highest BCUT2D eigenvalue weighted by Gasteiger charge is 2.21. The average Bonchev–Trinajstić information content (AvgIpc) is 3.13. The first-order valence-corrected chi connectivity index (χ1v) is 8.64. The van der Waals surface area contributed by atoms with E-state index in [1.807, 2.05) is 11.6 Å². The van der Waals surface area contributed by atoms with Crippen LogP contribution in [-0.4, -0.2) is 25.3 Å². The summed E-state index contributed by atoms with van der Waals surface area (Å²) in [5.41, 5.74) is 4.91. The minimum absolute atomic E-state index is 0.699. The van der Waals surface area contributed by atoms with E-state index in [4.69, 9.17) is 0 Å².